The molecule has 0 unspecified atom stereocenters. The summed E-state index contributed by atoms with van der Waals surface area (Å²) in [5.41, 5.74) is 0.769. The third-order valence-electron chi connectivity index (χ3n) is 2.35. The van der Waals surface area contributed by atoms with E-state index in [1.54, 1.807) is 0 Å². The zero-order valence-corrected chi connectivity index (χ0v) is 10.3. The smallest absolute Gasteiger partial charge is 0.319 e. The number of rotatable bonds is 2. The van der Waals surface area contributed by atoms with Crippen molar-refractivity contribution in [1.82, 2.24) is 5.32 Å². The second-order valence-corrected chi connectivity index (χ2v) is 4.58. The van der Waals surface area contributed by atoms with Gasteiger partial charge in [-0.3, -0.25) is 0 Å². The maximum Gasteiger partial charge on any atom is 0.319 e. The molecule has 5 heteroatoms. The summed E-state index contributed by atoms with van der Waals surface area (Å²) in [5, 5.41) is 5.63. The van der Waals surface area contributed by atoms with Gasteiger partial charge in [-0.25, -0.2) is 4.79 Å². The van der Waals surface area contributed by atoms with Crippen molar-refractivity contribution in [2.24, 2.45) is 0 Å². The largest absolute Gasteiger partial charge is 0.379 e. The van der Waals surface area contributed by atoms with Crippen LogP contribution in [-0.2, 0) is 4.74 Å². The molecule has 0 saturated carbocycles. The second-order valence-electron chi connectivity index (χ2n) is 3.67. The predicted octanol–water partition coefficient (Wildman–Crippen LogP) is 2.36. The number of urea groups is 1. The molecule has 0 radical (unpaired) electrons. The molecule has 16 heavy (non-hydrogen) atoms. The first-order valence-corrected chi connectivity index (χ1v) is 5.94. The first-order chi connectivity index (χ1) is 7.74. The summed E-state index contributed by atoms with van der Waals surface area (Å²) in [7, 11) is 0. The van der Waals surface area contributed by atoms with Crippen LogP contribution >= 0.6 is 15.9 Å². The lowest BCUT2D eigenvalue weighted by molar-refractivity contribution is 0.189. The number of hydrogen-bond acceptors (Lipinski definition) is 2. The molecule has 0 spiro atoms. The molecule has 1 aromatic carbocycles. The van der Waals surface area contributed by atoms with E-state index < -0.39 is 0 Å². The lowest BCUT2D eigenvalue weighted by atomic mass is 10.3. The monoisotopic (exact) mass is 284 g/mol. The first kappa shape index (κ1) is 11.4. The minimum absolute atomic E-state index is 0.132. The van der Waals surface area contributed by atoms with E-state index in [2.05, 4.69) is 26.6 Å². The number of amides is 2. The van der Waals surface area contributed by atoms with Crippen LogP contribution in [0.5, 0.6) is 0 Å². The van der Waals surface area contributed by atoms with E-state index in [4.69, 9.17) is 4.74 Å². The van der Waals surface area contributed by atoms with Crippen LogP contribution in [0.3, 0.4) is 0 Å². The van der Waals surface area contributed by atoms with E-state index in [0.717, 1.165) is 23.2 Å². The Labute approximate surface area is 102 Å². The number of hydrogen-bond donors (Lipinski definition) is 2. The molecule has 0 aliphatic carbocycles. The maximum absolute atomic E-state index is 11.6. The summed E-state index contributed by atoms with van der Waals surface area (Å²) < 4.78 is 6.12. The third kappa shape index (κ3) is 3.21. The van der Waals surface area contributed by atoms with Gasteiger partial charge in [0.05, 0.1) is 12.6 Å². The van der Waals surface area contributed by atoms with Crippen LogP contribution in [-0.4, -0.2) is 25.3 Å². The lowest BCUT2D eigenvalue weighted by Gasteiger charge is -2.11. The van der Waals surface area contributed by atoms with Crippen LogP contribution in [0.1, 0.15) is 6.42 Å². The Balaban J connectivity index is 1.86. The fraction of sp³-hybridized carbons (Fsp3) is 0.364. The summed E-state index contributed by atoms with van der Waals surface area (Å²) in [5.74, 6) is 0. The van der Waals surface area contributed by atoms with Crippen molar-refractivity contribution < 1.29 is 9.53 Å². The molecule has 86 valence electrons. The fourth-order valence-corrected chi connectivity index (χ4v) is 1.97. The van der Waals surface area contributed by atoms with Gasteiger partial charge in [0.2, 0.25) is 0 Å². The Morgan fingerprint density at radius 1 is 1.50 bits per heavy atom. The maximum atomic E-state index is 11.6. The average Bonchev–Trinajstić information content (AvgIpc) is 2.70. The normalized spacial score (nSPS) is 19.4. The van der Waals surface area contributed by atoms with Crippen molar-refractivity contribution in [2.45, 2.75) is 12.5 Å². The molecule has 2 amide bonds. The van der Waals surface area contributed by atoms with E-state index in [1.807, 2.05) is 24.3 Å². The third-order valence-corrected chi connectivity index (χ3v) is 2.84. The Hall–Kier alpha value is -1.07. The first-order valence-electron chi connectivity index (χ1n) is 5.15. The molecule has 1 heterocycles. The van der Waals surface area contributed by atoms with Crippen molar-refractivity contribution in [2.75, 3.05) is 18.5 Å². The molecular formula is C11H13BrN2O2. The van der Waals surface area contributed by atoms with Crippen molar-refractivity contribution in [3.63, 3.8) is 0 Å². The molecular weight excluding hydrogens is 272 g/mol. The molecule has 2 N–H and O–H groups in total. The van der Waals surface area contributed by atoms with Crippen molar-refractivity contribution in [3.8, 4) is 0 Å². The average molecular weight is 285 g/mol. The number of carbonyl (C=O) groups is 1. The summed E-state index contributed by atoms with van der Waals surface area (Å²) in [6.07, 6.45) is 0.881. The second kappa shape index (κ2) is 5.32. The number of carbonyl (C=O) groups excluding carboxylic acids is 1. The Morgan fingerprint density at radius 3 is 3.06 bits per heavy atom. The fourth-order valence-electron chi connectivity index (χ4n) is 1.57. The van der Waals surface area contributed by atoms with Crippen molar-refractivity contribution in [3.05, 3.63) is 28.7 Å². The molecule has 2 rings (SSSR count). The van der Waals surface area contributed by atoms with E-state index in [-0.39, 0.29) is 12.1 Å². The van der Waals surface area contributed by atoms with Gasteiger partial charge in [0, 0.05) is 16.8 Å². The van der Waals surface area contributed by atoms with Gasteiger partial charge in [-0.2, -0.15) is 0 Å². The van der Waals surface area contributed by atoms with Crippen LogP contribution in [0.2, 0.25) is 0 Å². The number of nitrogens with one attached hydrogen (secondary N) is 2. The Bertz CT molecular complexity index is 378. The van der Waals surface area contributed by atoms with Crippen LogP contribution in [0.15, 0.2) is 28.7 Å². The SMILES string of the molecule is O=C(Nc1cccc(Br)c1)N[C@@H]1CCOC1. The van der Waals surface area contributed by atoms with E-state index in [0.29, 0.717) is 6.61 Å². The van der Waals surface area contributed by atoms with Gasteiger partial charge in [-0.1, -0.05) is 22.0 Å². The standard InChI is InChI=1S/C11H13BrN2O2/c12-8-2-1-3-9(6-8)13-11(15)14-10-4-5-16-7-10/h1-3,6,10H,4-5,7H2,(H2,13,14,15)/t10-/m1/s1. The zero-order valence-electron chi connectivity index (χ0n) is 8.70. The summed E-state index contributed by atoms with van der Waals surface area (Å²) in [6, 6.07) is 7.42. The van der Waals surface area contributed by atoms with Crippen LogP contribution in [0.4, 0.5) is 10.5 Å². The molecule has 1 atom stereocenters. The number of anilines is 1. The van der Waals surface area contributed by atoms with Gasteiger partial charge in [0.25, 0.3) is 0 Å². The van der Waals surface area contributed by atoms with Crippen molar-refractivity contribution >= 4 is 27.6 Å². The molecule has 1 aliphatic heterocycles. The van der Waals surface area contributed by atoms with Gasteiger partial charge in [0.15, 0.2) is 0 Å². The van der Waals surface area contributed by atoms with Crippen LogP contribution in [0, 0.1) is 0 Å². The Kier molecular flexibility index (Phi) is 3.79. The summed E-state index contributed by atoms with van der Waals surface area (Å²) in [4.78, 5) is 11.6. The lowest BCUT2D eigenvalue weighted by Crippen LogP contribution is -2.38. The molecule has 4 nitrogen and oxygen atoms in total. The molecule has 1 aromatic rings. The molecule has 1 fully saturated rings. The van der Waals surface area contributed by atoms with Crippen molar-refractivity contribution in [1.29, 1.82) is 0 Å². The quantitative estimate of drug-likeness (QED) is 0.876. The van der Waals surface area contributed by atoms with Gasteiger partial charge >= 0.3 is 6.03 Å². The van der Waals surface area contributed by atoms with Gasteiger partial charge < -0.3 is 15.4 Å². The minimum Gasteiger partial charge on any atom is -0.379 e. The number of halogens is 1. The number of ether oxygens (including phenoxy) is 1. The van der Waals surface area contributed by atoms with E-state index in [9.17, 15) is 4.79 Å². The highest BCUT2D eigenvalue weighted by Gasteiger charge is 2.17. The highest BCUT2D eigenvalue weighted by atomic mass is 79.9. The van der Waals surface area contributed by atoms with E-state index in [1.165, 1.54) is 0 Å². The van der Waals surface area contributed by atoms with Gasteiger partial charge in [0.1, 0.15) is 0 Å². The van der Waals surface area contributed by atoms with E-state index >= 15 is 0 Å². The topological polar surface area (TPSA) is 50.4 Å². The molecule has 1 saturated heterocycles. The zero-order chi connectivity index (χ0) is 11.4. The van der Waals surface area contributed by atoms with Crippen LogP contribution < -0.4 is 10.6 Å². The summed E-state index contributed by atoms with van der Waals surface area (Å²) >= 11 is 3.35. The Morgan fingerprint density at radius 2 is 2.38 bits per heavy atom. The highest BCUT2D eigenvalue weighted by Crippen LogP contribution is 2.15. The van der Waals surface area contributed by atoms with Crippen LogP contribution in [0.25, 0.3) is 0 Å². The summed E-state index contributed by atoms with van der Waals surface area (Å²) in [6.45, 7) is 1.33. The predicted molar refractivity (Wildman–Crippen MR) is 65.5 cm³/mol. The number of benzene rings is 1. The van der Waals surface area contributed by atoms with Gasteiger partial charge in [-0.05, 0) is 24.6 Å². The molecule has 0 aromatic heterocycles. The molecule has 0 bridgehead atoms. The minimum atomic E-state index is -0.186. The molecule has 1 aliphatic rings. The highest BCUT2D eigenvalue weighted by molar-refractivity contribution is 9.10. The van der Waals surface area contributed by atoms with Gasteiger partial charge in [-0.15, -0.1) is 0 Å².